The Morgan fingerprint density at radius 1 is 1.41 bits per heavy atom. The Labute approximate surface area is 143 Å². The maximum absolute atomic E-state index is 12.5. The molecule has 1 atom stereocenters. The number of hydrogen-bond donors (Lipinski definition) is 1. The van der Waals surface area contributed by atoms with Gasteiger partial charge in [-0.15, -0.1) is 11.3 Å². The Morgan fingerprint density at radius 2 is 2.23 bits per heavy atom. The lowest BCUT2D eigenvalue weighted by Crippen LogP contribution is -2.44. The van der Waals surface area contributed by atoms with E-state index in [1.807, 2.05) is 43.4 Å². The van der Waals surface area contributed by atoms with Crippen molar-refractivity contribution in [2.75, 3.05) is 11.9 Å². The molecule has 0 bridgehead atoms. The molecule has 1 aromatic heterocycles. The third-order valence-corrected chi connectivity index (χ3v) is 5.83. The minimum atomic E-state index is -0.138. The second kappa shape index (κ2) is 6.52. The Kier molecular flexibility index (Phi) is 4.66. The van der Waals surface area contributed by atoms with Gasteiger partial charge in [-0.3, -0.25) is 9.69 Å². The van der Waals surface area contributed by atoms with E-state index >= 15 is 0 Å². The van der Waals surface area contributed by atoms with Gasteiger partial charge >= 0.3 is 0 Å². The number of fused-ring (bicyclic) bond motifs is 1. The normalized spacial score (nSPS) is 16.1. The van der Waals surface area contributed by atoms with Crippen molar-refractivity contribution in [2.24, 2.45) is 0 Å². The van der Waals surface area contributed by atoms with Crippen LogP contribution in [0.3, 0.4) is 0 Å². The zero-order valence-corrected chi connectivity index (χ0v) is 15.1. The van der Waals surface area contributed by atoms with Crippen LogP contribution >= 0.6 is 27.3 Å². The number of amides is 1. The molecule has 1 amide bonds. The molecule has 2 aromatic rings. The molecule has 0 saturated heterocycles. The fourth-order valence-electron chi connectivity index (χ4n) is 2.73. The summed E-state index contributed by atoms with van der Waals surface area (Å²) in [6.45, 7) is 5.82. The van der Waals surface area contributed by atoms with Gasteiger partial charge in [0.05, 0.1) is 11.7 Å². The Bertz CT molecular complexity index is 698. The summed E-state index contributed by atoms with van der Waals surface area (Å²) in [5.74, 6) is 0.0447. The summed E-state index contributed by atoms with van der Waals surface area (Å²) in [6, 6.07) is 7.99. The summed E-state index contributed by atoms with van der Waals surface area (Å²) in [7, 11) is 0. The average molecular weight is 379 g/mol. The highest BCUT2D eigenvalue weighted by molar-refractivity contribution is 9.10. The van der Waals surface area contributed by atoms with Crippen LogP contribution in [0.4, 0.5) is 5.69 Å². The minimum Gasteiger partial charge on any atom is -0.324 e. The molecule has 0 spiro atoms. The summed E-state index contributed by atoms with van der Waals surface area (Å²) in [6.07, 6.45) is 1.04. The molecule has 3 nitrogen and oxygen atoms in total. The summed E-state index contributed by atoms with van der Waals surface area (Å²) in [5.41, 5.74) is 3.36. The van der Waals surface area contributed by atoms with E-state index in [2.05, 4.69) is 37.6 Å². The monoisotopic (exact) mass is 378 g/mol. The van der Waals surface area contributed by atoms with Gasteiger partial charge in [0.15, 0.2) is 0 Å². The average Bonchev–Trinajstić information content (AvgIpc) is 2.96. The van der Waals surface area contributed by atoms with Crippen molar-refractivity contribution in [3.63, 3.8) is 0 Å². The molecule has 22 heavy (non-hydrogen) atoms. The van der Waals surface area contributed by atoms with Gasteiger partial charge in [-0.2, -0.15) is 0 Å². The van der Waals surface area contributed by atoms with E-state index in [-0.39, 0.29) is 11.9 Å². The van der Waals surface area contributed by atoms with Crippen LogP contribution in [0.15, 0.2) is 34.1 Å². The van der Waals surface area contributed by atoms with Crippen LogP contribution in [0.1, 0.15) is 22.9 Å². The van der Waals surface area contributed by atoms with Crippen molar-refractivity contribution in [3.8, 4) is 0 Å². The molecule has 0 fully saturated rings. The quantitative estimate of drug-likeness (QED) is 0.867. The highest BCUT2D eigenvalue weighted by atomic mass is 79.9. The lowest BCUT2D eigenvalue weighted by atomic mass is 10.1. The van der Waals surface area contributed by atoms with Crippen LogP contribution in [-0.4, -0.2) is 23.4 Å². The van der Waals surface area contributed by atoms with Gasteiger partial charge in [0.2, 0.25) is 5.91 Å². The van der Waals surface area contributed by atoms with Gasteiger partial charge in [0.1, 0.15) is 0 Å². The predicted molar refractivity (Wildman–Crippen MR) is 95.4 cm³/mol. The summed E-state index contributed by atoms with van der Waals surface area (Å²) < 4.78 is 0.923. The van der Waals surface area contributed by atoms with E-state index in [9.17, 15) is 4.79 Å². The lowest BCUT2D eigenvalue weighted by Gasteiger charge is -2.31. The molecule has 0 radical (unpaired) electrons. The third-order valence-electron chi connectivity index (χ3n) is 4.15. The van der Waals surface area contributed by atoms with Gasteiger partial charge in [-0.1, -0.05) is 6.07 Å². The number of thiophene rings is 1. The predicted octanol–water partition coefficient (Wildman–Crippen LogP) is 4.20. The van der Waals surface area contributed by atoms with Crippen molar-refractivity contribution in [1.29, 1.82) is 0 Å². The molecule has 0 saturated carbocycles. The van der Waals surface area contributed by atoms with Gasteiger partial charge in [-0.25, -0.2) is 0 Å². The van der Waals surface area contributed by atoms with Crippen molar-refractivity contribution in [2.45, 2.75) is 32.9 Å². The number of halogens is 1. The molecule has 1 unspecified atom stereocenters. The lowest BCUT2D eigenvalue weighted by molar-refractivity contribution is -0.121. The molecule has 1 aromatic carbocycles. The summed E-state index contributed by atoms with van der Waals surface area (Å²) >= 11 is 5.33. The number of carbonyl (C=O) groups excluding carboxylic acids is 1. The van der Waals surface area contributed by atoms with E-state index in [4.69, 9.17) is 0 Å². The number of anilines is 1. The standard InChI is InChI=1S/C17H19BrN2OS/c1-11-3-4-15(14(18)9-11)19-17(21)12(2)20-7-5-16-13(10-20)6-8-22-16/h3-4,6,8-9,12H,5,7,10H2,1-2H3,(H,19,21). The molecule has 1 aliphatic rings. The smallest absolute Gasteiger partial charge is 0.241 e. The number of nitrogens with one attached hydrogen (secondary N) is 1. The second-order valence-corrected chi connectivity index (χ2v) is 7.59. The number of aryl methyl sites for hydroxylation is 1. The van der Waals surface area contributed by atoms with Crippen LogP contribution < -0.4 is 5.32 Å². The number of carbonyl (C=O) groups is 1. The maximum Gasteiger partial charge on any atom is 0.241 e. The largest absolute Gasteiger partial charge is 0.324 e. The summed E-state index contributed by atoms with van der Waals surface area (Å²) in [4.78, 5) is 16.2. The molecule has 5 heteroatoms. The zero-order chi connectivity index (χ0) is 15.7. The molecule has 116 valence electrons. The SMILES string of the molecule is Cc1ccc(NC(=O)C(C)N2CCc3sccc3C2)c(Br)c1. The van der Waals surface area contributed by atoms with E-state index in [1.54, 1.807) is 0 Å². The van der Waals surface area contributed by atoms with E-state index in [0.29, 0.717) is 0 Å². The first-order chi connectivity index (χ1) is 10.5. The number of rotatable bonds is 3. The number of nitrogens with zero attached hydrogens (tertiary/aromatic N) is 1. The molecule has 3 rings (SSSR count). The Hall–Kier alpha value is -1.17. The van der Waals surface area contributed by atoms with Crippen molar-refractivity contribution < 1.29 is 4.79 Å². The van der Waals surface area contributed by atoms with Crippen molar-refractivity contribution in [3.05, 3.63) is 50.1 Å². The first kappa shape index (κ1) is 15.7. The number of hydrogen-bond acceptors (Lipinski definition) is 3. The first-order valence-electron chi connectivity index (χ1n) is 7.41. The number of benzene rings is 1. The molecular formula is C17H19BrN2OS. The highest BCUT2D eigenvalue weighted by Crippen LogP contribution is 2.27. The molecular weight excluding hydrogens is 360 g/mol. The molecule has 1 aliphatic heterocycles. The Morgan fingerprint density at radius 3 is 3.00 bits per heavy atom. The van der Waals surface area contributed by atoms with Crippen LogP contribution in [0.5, 0.6) is 0 Å². The van der Waals surface area contributed by atoms with Gasteiger partial charge in [0, 0.05) is 22.4 Å². The molecule has 2 heterocycles. The first-order valence-corrected chi connectivity index (χ1v) is 9.08. The molecule has 1 N–H and O–H groups in total. The molecule has 0 aliphatic carbocycles. The van der Waals surface area contributed by atoms with E-state index in [1.165, 1.54) is 16.0 Å². The highest BCUT2D eigenvalue weighted by Gasteiger charge is 2.26. The summed E-state index contributed by atoms with van der Waals surface area (Å²) in [5, 5.41) is 5.17. The van der Waals surface area contributed by atoms with Crippen LogP contribution in [0.25, 0.3) is 0 Å². The van der Waals surface area contributed by atoms with Gasteiger partial charge < -0.3 is 5.32 Å². The Balaban J connectivity index is 1.67. The fraction of sp³-hybridized carbons (Fsp3) is 0.353. The van der Waals surface area contributed by atoms with Crippen LogP contribution in [-0.2, 0) is 17.8 Å². The van der Waals surface area contributed by atoms with Crippen LogP contribution in [0.2, 0.25) is 0 Å². The van der Waals surface area contributed by atoms with Crippen LogP contribution in [0, 0.1) is 6.92 Å². The minimum absolute atomic E-state index is 0.0447. The maximum atomic E-state index is 12.5. The van der Waals surface area contributed by atoms with Gasteiger partial charge in [-0.05, 0) is 70.9 Å². The van der Waals surface area contributed by atoms with E-state index < -0.39 is 0 Å². The van der Waals surface area contributed by atoms with Crippen molar-refractivity contribution >= 4 is 38.9 Å². The van der Waals surface area contributed by atoms with E-state index in [0.717, 1.165) is 29.7 Å². The fourth-order valence-corrected chi connectivity index (χ4v) is 4.21. The third kappa shape index (κ3) is 3.26. The zero-order valence-electron chi connectivity index (χ0n) is 12.7. The van der Waals surface area contributed by atoms with Crippen molar-refractivity contribution in [1.82, 2.24) is 4.90 Å². The van der Waals surface area contributed by atoms with Gasteiger partial charge in [0.25, 0.3) is 0 Å². The topological polar surface area (TPSA) is 32.3 Å². The second-order valence-electron chi connectivity index (χ2n) is 5.74.